The summed E-state index contributed by atoms with van der Waals surface area (Å²) in [5, 5.41) is 3.07. The molecule has 2 aromatic carbocycles. The number of aromatic nitrogens is 1. The van der Waals surface area contributed by atoms with E-state index in [4.69, 9.17) is 0 Å². The predicted octanol–water partition coefficient (Wildman–Crippen LogP) is 4.36. The maximum atomic E-state index is 13.3. The zero-order chi connectivity index (χ0) is 23.4. The van der Waals surface area contributed by atoms with Crippen molar-refractivity contribution < 1.29 is 18.0 Å². The molecule has 1 aromatic heterocycles. The fourth-order valence-corrected chi connectivity index (χ4v) is 4.40. The third kappa shape index (κ3) is 5.34. The number of alkyl halides is 3. The number of hydrogen-bond acceptors (Lipinski definition) is 4. The van der Waals surface area contributed by atoms with Crippen LogP contribution in [0.2, 0.25) is 0 Å². The number of benzene rings is 2. The average molecular weight is 457 g/mol. The van der Waals surface area contributed by atoms with Gasteiger partial charge in [-0.2, -0.15) is 13.2 Å². The monoisotopic (exact) mass is 456 g/mol. The molecule has 0 saturated carbocycles. The van der Waals surface area contributed by atoms with Gasteiger partial charge in [0.1, 0.15) is 0 Å². The first-order chi connectivity index (χ1) is 15.8. The van der Waals surface area contributed by atoms with Gasteiger partial charge in [-0.15, -0.1) is 0 Å². The number of piperazine rings is 1. The second kappa shape index (κ2) is 9.89. The normalized spacial score (nSPS) is 17.9. The van der Waals surface area contributed by atoms with Crippen molar-refractivity contribution in [3.05, 3.63) is 77.5 Å². The second-order valence-electron chi connectivity index (χ2n) is 8.39. The van der Waals surface area contributed by atoms with Crippen LogP contribution < -0.4 is 5.32 Å². The van der Waals surface area contributed by atoms with Gasteiger partial charge in [0.25, 0.3) is 5.91 Å². The van der Waals surface area contributed by atoms with Gasteiger partial charge in [-0.25, -0.2) is 0 Å². The Bertz CT molecular complexity index is 1100. The first-order valence-electron chi connectivity index (χ1n) is 11.1. The van der Waals surface area contributed by atoms with Crippen molar-refractivity contribution >= 4 is 16.8 Å². The van der Waals surface area contributed by atoms with Crippen molar-refractivity contribution in [2.75, 3.05) is 39.8 Å². The Balaban J connectivity index is 1.39. The van der Waals surface area contributed by atoms with Crippen molar-refractivity contribution in [2.45, 2.75) is 18.6 Å². The van der Waals surface area contributed by atoms with Gasteiger partial charge in [0.2, 0.25) is 0 Å². The summed E-state index contributed by atoms with van der Waals surface area (Å²) < 4.78 is 39.9. The van der Waals surface area contributed by atoms with Crippen LogP contribution in [-0.2, 0) is 6.18 Å². The smallest absolute Gasteiger partial charge is 0.352 e. The molecular formula is C25H27F3N4O. The lowest BCUT2D eigenvalue weighted by molar-refractivity contribution is -0.136. The molecule has 8 heteroatoms. The SMILES string of the molecule is CN1CCN(CCCNC(=O)c2ccnc3c(C(F)(F)F)cccc23)C(c2ccccc2)C1. The third-order valence-electron chi connectivity index (χ3n) is 6.11. The highest BCUT2D eigenvalue weighted by molar-refractivity contribution is 6.06. The molecule has 1 N–H and O–H groups in total. The van der Waals surface area contributed by atoms with Crippen LogP contribution in [0.3, 0.4) is 0 Å². The number of halogens is 3. The molecule has 1 unspecified atom stereocenters. The van der Waals surface area contributed by atoms with E-state index in [9.17, 15) is 18.0 Å². The first-order valence-corrected chi connectivity index (χ1v) is 11.1. The minimum Gasteiger partial charge on any atom is -0.352 e. The largest absolute Gasteiger partial charge is 0.418 e. The summed E-state index contributed by atoms with van der Waals surface area (Å²) in [6.07, 6.45) is -2.53. The Morgan fingerprint density at radius 3 is 2.64 bits per heavy atom. The molecule has 0 spiro atoms. The molecule has 1 atom stereocenters. The van der Waals surface area contributed by atoms with Crippen LogP contribution in [0.25, 0.3) is 10.9 Å². The van der Waals surface area contributed by atoms with Gasteiger partial charge in [-0.05, 0) is 31.2 Å². The van der Waals surface area contributed by atoms with Crippen molar-refractivity contribution in [1.29, 1.82) is 0 Å². The molecule has 1 saturated heterocycles. The highest BCUT2D eigenvalue weighted by atomic mass is 19.4. The van der Waals surface area contributed by atoms with E-state index in [0.29, 0.717) is 12.6 Å². The number of nitrogens with one attached hydrogen (secondary N) is 1. The molecule has 174 valence electrons. The lowest BCUT2D eigenvalue weighted by Gasteiger charge is -2.40. The second-order valence-corrected chi connectivity index (χ2v) is 8.39. The molecule has 0 bridgehead atoms. The van der Waals surface area contributed by atoms with Crippen molar-refractivity contribution in [3.8, 4) is 0 Å². The molecule has 1 amide bonds. The number of carbonyl (C=O) groups excluding carboxylic acids is 1. The molecule has 3 aromatic rings. The summed E-state index contributed by atoms with van der Waals surface area (Å²) in [7, 11) is 2.12. The fourth-order valence-electron chi connectivity index (χ4n) is 4.40. The molecule has 0 aliphatic carbocycles. The van der Waals surface area contributed by atoms with Gasteiger partial charge < -0.3 is 10.2 Å². The summed E-state index contributed by atoms with van der Waals surface area (Å²) in [5.74, 6) is -0.389. The quantitative estimate of drug-likeness (QED) is 0.560. The minimum absolute atomic E-state index is 0.202. The summed E-state index contributed by atoms with van der Waals surface area (Å²) in [6.45, 7) is 4.14. The van der Waals surface area contributed by atoms with Crippen molar-refractivity contribution in [1.82, 2.24) is 20.1 Å². The van der Waals surface area contributed by atoms with Crippen molar-refractivity contribution in [3.63, 3.8) is 0 Å². The first kappa shape index (κ1) is 23.2. The molecule has 4 rings (SSSR count). The number of nitrogens with zero attached hydrogens (tertiary/aromatic N) is 3. The van der Waals surface area contributed by atoms with Gasteiger partial charge in [0.15, 0.2) is 0 Å². The number of para-hydroxylation sites is 1. The maximum Gasteiger partial charge on any atom is 0.418 e. The summed E-state index contributed by atoms with van der Waals surface area (Å²) in [4.78, 5) is 21.4. The number of carbonyl (C=O) groups is 1. The molecule has 1 aliphatic heterocycles. The van der Waals surface area contributed by atoms with Gasteiger partial charge in [0, 0.05) is 50.3 Å². The number of rotatable bonds is 6. The number of amides is 1. The third-order valence-corrected chi connectivity index (χ3v) is 6.11. The number of likely N-dealkylation sites (N-methyl/N-ethyl adjacent to an activating group) is 1. The van der Waals surface area contributed by atoms with Gasteiger partial charge in [-0.1, -0.05) is 42.5 Å². The van der Waals surface area contributed by atoms with E-state index in [1.807, 2.05) is 18.2 Å². The topological polar surface area (TPSA) is 48.5 Å². The molecule has 0 radical (unpaired) electrons. The van der Waals surface area contributed by atoms with E-state index < -0.39 is 11.7 Å². The van der Waals surface area contributed by atoms with E-state index >= 15 is 0 Å². The lowest BCUT2D eigenvalue weighted by atomic mass is 10.0. The van der Waals surface area contributed by atoms with E-state index in [1.54, 1.807) is 0 Å². The Morgan fingerprint density at radius 2 is 1.88 bits per heavy atom. The summed E-state index contributed by atoms with van der Waals surface area (Å²) in [5.41, 5.74) is 0.433. The van der Waals surface area contributed by atoms with E-state index in [1.165, 1.54) is 30.0 Å². The summed E-state index contributed by atoms with van der Waals surface area (Å²) in [6, 6.07) is 15.9. The Morgan fingerprint density at radius 1 is 1.09 bits per heavy atom. The number of hydrogen-bond donors (Lipinski definition) is 1. The van der Waals surface area contributed by atoms with Crippen LogP contribution in [0.4, 0.5) is 13.2 Å². The fraction of sp³-hybridized carbons (Fsp3) is 0.360. The average Bonchev–Trinajstić information content (AvgIpc) is 2.81. The van der Waals surface area contributed by atoms with Gasteiger partial charge >= 0.3 is 6.18 Å². The Kier molecular flexibility index (Phi) is 6.95. The molecule has 1 aliphatic rings. The number of pyridine rings is 1. The zero-order valence-corrected chi connectivity index (χ0v) is 18.5. The zero-order valence-electron chi connectivity index (χ0n) is 18.5. The van der Waals surface area contributed by atoms with E-state index in [0.717, 1.165) is 38.7 Å². The van der Waals surface area contributed by atoms with E-state index in [2.05, 4.69) is 39.3 Å². The molecule has 2 heterocycles. The Labute approximate surface area is 191 Å². The minimum atomic E-state index is -4.53. The highest BCUT2D eigenvalue weighted by Crippen LogP contribution is 2.34. The highest BCUT2D eigenvalue weighted by Gasteiger charge is 2.33. The van der Waals surface area contributed by atoms with Crippen LogP contribution in [0.5, 0.6) is 0 Å². The van der Waals surface area contributed by atoms with Crippen LogP contribution in [-0.4, -0.2) is 60.5 Å². The van der Waals surface area contributed by atoms with E-state index in [-0.39, 0.29) is 22.4 Å². The summed E-state index contributed by atoms with van der Waals surface area (Å²) >= 11 is 0. The van der Waals surface area contributed by atoms with Gasteiger partial charge in [0.05, 0.1) is 16.6 Å². The molecule has 1 fully saturated rings. The molecular weight excluding hydrogens is 429 g/mol. The van der Waals surface area contributed by atoms with Crippen LogP contribution >= 0.6 is 0 Å². The van der Waals surface area contributed by atoms with Crippen molar-refractivity contribution in [2.24, 2.45) is 0 Å². The number of fused-ring (bicyclic) bond motifs is 1. The maximum absolute atomic E-state index is 13.3. The van der Waals surface area contributed by atoms with Crippen LogP contribution in [0, 0.1) is 0 Å². The van der Waals surface area contributed by atoms with Crippen LogP contribution in [0.1, 0.15) is 33.9 Å². The van der Waals surface area contributed by atoms with Gasteiger partial charge in [-0.3, -0.25) is 14.7 Å². The molecule has 5 nitrogen and oxygen atoms in total. The van der Waals surface area contributed by atoms with Crippen LogP contribution in [0.15, 0.2) is 60.8 Å². The standard InChI is InChI=1S/C25H27F3N4O/c1-31-15-16-32(22(17-31)18-7-3-2-4-8-18)14-6-12-30-24(33)20-11-13-29-23-19(20)9-5-10-21(23)25(26,27)28/h2-5,7-11,13,22H,6,12,14-17H2,1H3,(H,30,33). The lowest BCUT2D eigenvalue weighted by Crippen LogP contribution is -2.47. The Hall–Kier alpha value is -2.97. The predicted molar refractivity (Wildman–Crippen MR) is 122 cm³/mol. The molecule has 33 heavy (non-hydrogen) atoms.